The van der Waals surface area contributed by atoms with Gasteiger partial charge in [-0.25, -0.2) is 19.2 Å². The van der Waals surface area contributed by atoms with Crippen LogP contribution in [0.2, 0.25) is 0 Å². The first-order chi connectivity index (χ1) is 40.4. The molecule has 2 aliphatic heterocycles. The maximum atomic E-state index is 14.2. The Hall–Kier alpha value is -6.62. The third-order valence-electron chi connectivity index (χ3n) is 17.7. The van der Waals surface area contributed by atoms with Gasteiger partial charge in [0, 0.05) is 19.6 Å². The summed E-state index contributed by atoms with van der Waals surface area (Å²) in [5.74, 6) is -6.85. The first-order valence-corrected chi connectivity index (χ1v) is 31.5. The summed E-state index contributed by atoms with van der Waals surface area (Å²) in [7, 11) is 0. The molecule has 3 aliphatic carbocycles. The van der Waals surface area contributed by atoms with Gasteiger partial charge in [-0.2, -0.15) is 0 Å². The molecule has 0 aromatic rings. The van der Waals surface area contributed by atoms with Crippen LogP contribution in [0.25, 0.3) is 0 Å². The number of hydrogen-bond acceptors (Lipinski definition) is 14. The number of primary amides is 1. The Labute approximate surface area is 527 Å². The number of urea groups is 2. The normalized spacial score (nSPS) is 23.5. The van der Waals surface area contributed by atoms with Gasteiger partial charge in [-0.15, -0.1) is 6.58 Å². The van der Waals surface area contributed by atoms with E-state index in [0.717, 1.165) is 12.8 Å². The molecule has 2 unspecified atom stereocenters. The molecule has 24 nitrogen and oxygen atoms in total. The number of carbonyl (C=O) groups is 12. The van der Waals surface area contributed by atoms with Gasteiger partial charge in [0.2, 0.25) is 35.2 Å². The van der Waals surface area contributed by atoms with E-state index >= 15 is 0 Å². The van der Waals surface area contributed by atoms with Crippen LogP contribution in [0.5, 0.6) is 0 Å². The average Bonchev–Trinajstić information content (AvgIpc) is 1.55. The largest absolute Gasteiger partial charge is 0.458 e. The van der Waals surface area contributed by atoms with Crippen molar-refractivity contribution >= 4 is 71.0 Å². The number of rotatable bonds is 23. The molecule has 502 valence electrons. The van der Waals surface area contributed by atoms with E-state index in [-0.39, 0.29) is 59.3 Å². The third kappa shape index (κ3) is 19.2. The molecule has 3 saturated carbocycles. The number of Topliss-reactive ketones (excluding diaryl/α,β-unsaturated/α-hetero) is 2. The van der Waals surface area contributed by atoms with Gasteiger partial charge in [0.15, 0.2) is 0 Å². The van der Waals surface area contributed by atoms with Crippen LogP contribution in [0.1, 0.15) is 184 Å². The fraction of sp³-hybridized carbons (Fsp3) is 0.785. The number of ketones is 2. The number of nitrogens with zero attached hydrogens (tertiary/aromatic N) is 2. The maximum absolute atomic E-state index is 14.2. The first-order valence-electron chi connectivity index (χ1n) is 31.5. The maximum Gasteiger partial charge on any atom is 0.329 e. The molecule has 0 aromatic carbocycles. The van der Waals surface area contributed by atoms with Gasteiger partial charge in [-0.05, 0) is 117 Å². The van der Waals surface area contributed by atoms with Crippen molar-refractivity contribution in [2.45, 2.75) is 244 Å². The smallest absolute Gasteiger partial charge is 0.329 e. The average molecular weight is 1250 g/mol. The molecule has 5 aliphatic rings. The number of nitrogens with two attached hydrogens (primary N) is 1. The molecular formula is C65H108N10O14. The van der Waals surface area contributed by atoms with Crippen LogP contribution in [0.4, 0.5) is 9.59 Å². The minimum absolute atomic E-state index is 0.0559. The van der Waals surface area contributed by atoms with E-state index in [0.29, 0.717) is 25.9 Å². The standard InChI is InChI=1S/C33H55N5O7.C32H53N5O7/c1-13-15-20(24(39)27(41)34-16-14-2)35-26(40)23-21-19(33(21,11)12)17-38(23)28(42)25(31(5,6)7)37-30(44)36-22(18(3)4)29(43)45-32(8,9)10;1-29(2,3)22(35-28(43)36-23(30(4,5)6)27(42)44-31(7,8)9)26(41)37-15-17-19(32(17,10)11)20(37)25(40)34-18(14-16-12-13-16)21(38)24(33)39/h14,18-23,25H,2,13,15-17H2,1,3-12H3,(H,34,41)(H,35,40)(H2,36,37,44);16-20,22-23H,12-15H2,1-11H3,(H2,33,39)(H,34,40)(H2,35,36,43)/t19-,20?,21-,22-,23-,25+;17-,18?,19-,20-,22+,23+/m00/s1. The molecule has 5 fully saturated rings. The molecule has 0 spiro atoms. The molecule has 2 heterocycles. The van der Waals surface area contributed by atoms with Crippen LogP contribution in [0.15, 0.2) is 12.7 Å². The Balaban J connectivity index is 0.000000380. The zero-order chi connectivity index (χ0) is 68.4. The Morgan fingerprint density at radius 2 is 0.966 bits per heavy atom. The Kier molecular flexibility index (Phi) is 23.4. The highest BCUT2D eigenvalue weighted by molar-refractivity contribution is 6.38. The van der Waals surface area contributed by atoms with Gasteiger partial charge in [-0.1, -0.05) is 136 Å². The highest BCUT2D eigenvalue weighted by Crippen LogP contribution is 2.66. The van der Waals surface area contributed by atoms with Crippen LogP contribution < -0.4 is 43.0 Å². The van der Waals surface area contributed by atoms with Crippen LogP contribution in [-0.4, -0.2) is 160 Å². The van der Waals surface area contributed by atoms with Crippen LogP contribution >= 0.6 is 0 Å². The quantitative estimate of drug-likeness (QED) is 0.0380. The van der Waals surface area contributed by atoms with Gasteiger partial charge in [0.25, 0.3) is 11.8 Å². The Bertz CT molecular complexity index is 2720. The number of piperidine rings is 2. The number of hydrogen-bond donors (Lipinski definition) is 8. The molecule has 10 amide bonds. The van der Waals surface area contributed by atoms with E-state index in [1.54, 1.807) is 118 Å². The fourth-order valence-corrected chi connectivity index (χ4v) is 12.3. The number of nitrogens with one attached hydrogen (secondary N) is 7. The second-order valence-corrected chi connectivity index (χ2v) is 31.9. The van der Waals surface area contributed by atoms with E-state index in [1.165, 1.54) is 15.9 Å². The summed E-state index contributed by atoms with van der Waals surface area (Å²) in [4.78, 5) is 161. The number of carbonyl (C=O) groups excluding carboxylic acids is 12. The molecule has 9 N–H and O–H groups in total. The van der Waals surface area contributed by atoms with E-state index in [9.17, 15) is 57.5 Å². The molecule has 24 heteroatoms. The number of ether oxygens (including phenoxy) is 2. The molecule has 89 heavy (non-hydrogen) atoms. The summed E-state index contributed by atoms with van der Waals surface area (Å²) in [6.45, 7) is 44.5. The highest BCUT2D eigenvalue weighted by atomic mass is 16.6. The molecule has 2 saturated heterocycles. The molecular weight excluding hydrogens is 1140 g/mol. The SMILES string of the molecule is C=CCNC(=O)C(=O)C(CCC)NC(=O)[C@@H]1[C@@H]2[C@H](CN1C(=O)[C@@H](NC(=O)N[C@H](C(=O)OC(C)(C)C)C(C)C)C(C)(C)C)C2(C)C.CC(C)(C)OC(=O)[C@@H](NC(=O)N[C@H](C(=O)N1C[C@H]2[C@@H]([C@H]1C(=O)NC(CC1CC1)C(=O)C(N)=O)C2(C)C)C(C)(C)C)C(C)(C)C. The predicted molar refractivity (Wildman–Crippen MR) is 334 cm³/mol. The summed E-state index contributed by atoms with van der Waals surface area (Å²) in [6, 6.07) is -9.33. The summed E-state index contributed by atoms with van der Waals surface area (Å²) < 4.78 is 11.0. The fourth-order valence-electron chi connectivity index (χ4n) is 12.3. The van der Waals surface area contributed by atoms with Crippen molar-refractivity contribution in [3.05, 3.63) is 12.7 Å². The second kappa shape index (κ2) is 27.9. The van der Waals surface area contributed by atoms with Crippen LogP contribution in [0, 0.1) is 62.6 Å². The second-order valence-electron chi connectivity index (χ2n) is 31.9. The van der Waals surface area contributed by atoms with Crippen molar-refractivity contribution in [1.82, 2.24) is 47.0 Å². The third-order valence-corrected chi connectivity index (χ3v) is 17.7. The topological polar surface area (TPSA) is 340 Å². The summed E-state index contributed by atoms with van der Waals surface area (Å²) in [6.07, 6.45) is 4.40. The van der Waals surface area contributed by atoms with Crippen molar-refractivity contribution in [2.75, 3.05) is 19.6 Å². The van der Waals surface area contributed by atoms with E-state index in [2.05, 4.69) is 43.8 Å². The lowest BCUT2D eigenvalue weighted by atomic mass is 9.85. The van der Waals surface area contributed by atoms with Gasteiger partial charge in [0.1, 0.15) is 47.5 Å². The molecule has 0 aromatic heterocycles. The molecule has 0 radical (unpaired) electrons. The molecule has 5 rings (SSSR count). The molecule has 0 bridgehead atoms. The Morgan fingerprint density at radius 1 is 0.573 bits per heavy atom. The summed E-state index contributed by atoms with van der Waals surface area (Å²) >= 11 is 0. The Morgan fingerprint density at radius 3 is 1.33 bits per heavy atom. The van der Waals surface area contributed by atoms with Crippen LogP contribution in [-0.2, 0) is 57.4 Å². The van der Waals surface area contributed by atoms with Gasteiger partial charge in [-0.3, -0.25) is 38.4 Å². The first kappa shape index (κ1) is 74.8. The van der Waals surface area contributed by atoms with Crippen molar-refractivity contribution in [2.24, 2.45) is 68.3 Å². The number of likely N-dealkylation sites (tertiary alicyclic amines) is 2. The lowest BCUT2D eigenvalue weighted by molar-refractivity contribution is -0.160. The highest BCUT2D eigenvalue weighted by Gasteiger charge is 2.71. The zero-order valence-corrected chi connectivity index (χ0v) is 57.2. The number of amides is 10. The van der Waals surface area contributed by atoms with Crippen LogP contribution in [0.3, 0.4) is 0 Å². The minimum Gasteiger partial charge on any atom is -0.458 e. The van der Waals surface area contributed by atoms with Crippen molar-refractivity contribution in [3.63, 3.8) is 0 Å². The van der Waals surface area contributed by atoms with Gasteiger partial charge >= 0.3 is 24.0 Å². The van der Waals surface area contributed by atoms with E-state index in [4.69, 9.17) is 15.2 Å². The van der Waals surface area contributed by atoms with E-state index in [1.807, 2.05) is 34.6 Å². The summed E-state index contributed by atoms with van der Waals surface area (Å²) in [5, 5.41) is 18.9. The lowest BCUT2D eigenvalue weighted by Crippen LogP contribution is -2.63. The lowest BCUT2D eigenvalue weighted by Gasteiger charge is -2.38. The van der Waals surface area contributed by atoms with E-state index < -0.39 is 147 Å². The monoisotopic (exact) mass is 1250 g/mol. The van der Waals surface area contributed by atoms with Crippen molar-refractivity contribution < 1.29 is 67.0 Å². The molecule has 12 atom stereocenters. The number of fused-ring (bicyclic) bond motifs is 2. The zero-order valence-electron chi connectivity index (χ0n) is 57.2. The van der Waals surface area contributed by atoms with Gasteiger partial charge in [0.05, 0.1) is 12.1 Å². The summed E-state index contributed by atoms with van der Waals surface area (Å²) in [5.41, 5.74) is 1.15. The van der Waals surface area contributed by atoms with Crippen molar-refractivity contribution in [3.8, 4) is 0 Å². The van der Waals surface area contributed by atoms with Gasteiger partial charge < -0.3 is 62.2 Å². The van der Waals surface area contributed by atoms with Crippen molar-refractivity contribution in [1.29, 1.82) is 0 Å². The number of esters is 2. The minimum atomic E-state index is -1.11. The predicted octanol–water partition coefficient (Wildman–Crippen LogP) is 4.98.